The molecule has 0 aromatic heterocycles. The first-order valence-corrected chi connectivity index (χ1v) is 6.90. The van der Waals surface area contributed by atoms with Gasteiger partial charge in [-0.3, -0.25) is 4.79 Å². The van der Waals surface area contributed by atoms with Gasteiger partial charge in [-0.15, -0.1) is 0 Å². The lowest BCUT2D eigenvalue weighted by Gasteiger charge is -2.29. The third-order valence-electron chi connectivity index (χ3n) is 3.11. The van der Waals surface area contributed by atoms with Crippen molar-refractivity contribution in [1.29, 1.82) is 0 Å². The van der Waals surface area contributed by atoms with Gasteiger partial charge in [0.2, 0.25) is 0 Å². The molecule has 4 nitrogen and oxygen atoms in total. The summed E-state index contributed by atoms with van der Waals surface area (Å²) in [6.45, 7) is 7.41. The van der Waals surface area contributed by atoms with Crippen molar-refractivity contribution in [2.45, 2.75) is 52.1 Å². The molecule has 108 valence electrons. The van der Waals surface area contributed by atoms with Crippen LogP contribution in [-0.2, 0) is 9.53 Å². The summed E-state index contributed by atoms with van der Waals surface area (Å²) in [5, 5.41) is 3.45. The number of methoxy groups -OCH3 is 1. The number of unbranched alkanes of at least 4 members (excludes halogenated alkanes) is 1. The van der Waals surface area contributed by atoms with Gasteiger partial charge in [0, 0.05) is 12.6 Å². The van der Waals surface area contributed by atoms with Crippen LogP contribution in [0.2, 0.25) is 0 Å². The van der Waals surface area contributed by atoms with E-state index in [4.69, 9.17) is 4.74 Å². The molecule has 0 aliphatic rings. The van der Waals surface area contributed by atoms with Crippen molar-refractivity contribution < 1.29 is 9.53 Å². The summed E-state index contributed by atoms with van der Waals surface area (Å²) < 4.78 is 4.88. The highest BCUT2D eigenvalue weighted by molar-refractivity contribution is 5.75. The van der Waals surface area contributed by atoms with Crippen LogP contribution in [0, 0.1) is 5.92 Å². The summed E-state index contributed by atoms with van der Waals surface area (Å²) in [6, 6.07) is 0.128. The van der Waals surface area contributed by atoms with Crippen molar-refractivity contribution in [3.63, 3.8) is 0 Å². The number of ether oxygens (including phenoxy) is 1. The second kappa shape index (κ2) is 9.34. The normalized spacial score (nSPS) is 14.9. The quantitative estimate of drug-likeness (QED) is 0.641. The molecule has 0 heterocycles. The van der Waals surface area contributed by atoms with E-state index in [1.165, 1.54) is 7.11 Å². The molecule has 0 saturated carbocycles. The van der Waals surface area contributed by atoms with E-state index in [1.807, 2.05) is 0 Å². The minimum atomic E-state index is -0.178. The molecule has 4 heteroatoms. The van der Waals surface area contributed by atoms with E-state index in [0.29, 0.717) is 12.0 Å². The van der Waals surface area contributed by atoms with Gasteiger partial charge >= 0.3 is 5.97 Å². The molecule has 0 aliphatic carbocycles. The Bertz CT molecular complexity index is 230. The van der Waals surface area contributed by atoms with Crippen LogP contribution in [0.4, 0.5) is 0 Å². The van der Waals surface area contributed by atoms with Crippen molar-refractivity contribution in [1.82, 2.24) is 10.2 Å². The van der Waals surface area contributed by atoms with Crippen molar-refractivity contribution >= 4 is 5.97 Å². The number of hydrogen-bond donors (Lipinski definition) is 1. The second-order valence-electron chi connectivity index (χ2n) is 5.50. The Morgan fingerprint density at radius 1 is 1.33 bits per heavy atom. The van der Waals surface area contributed by atoms with Gasteiger partial charge in [-0.25, -0.2) is 0 Å². The SMILES string of the molecule is CCCCC(NC(CN(C)C)C(C)C)C(=O)OC. The first-order chi connectivity index (χ1) is 8.42. The molecule has 1 N–H and O–H groups in total. The third kappa shape index (κ3) is 6.97. The molecule has 0 fully saturated rings. The number of rotatable bonds is 9. The van der Waals surface area contributed by atoms with E-state index in [1.54, 1.807) is 0 Å². The highest BCUT2D eigenvalue weighted by Gasteiger charge is 2.24. The van der Waals surface area contributed by atoms with Gasteiger partial charge in [-0.05, 0) is 26.4 Å². The average molecular weight is 258 g/mol. The third-order valence-corrected chi connectivity index (χ3v) is 3.11. The molecule has 0 amide bonds. The standard InChI is InChI=1S/C14H30N2O2/c1-7-8-9-12(14(17)18-6)15-13(11(2)3)10-16(4)5/h11-13,15H,7-10H2,1-6H3. The van der Waals surface area contributed by atoms with Crippen molar-refractivity contribution in [2.75, 3.05) is 27.7 Å². The van der Waals surface area contributed by atoms with E-state index in [0.717, 1.165) is 25.8 Å². The Balaban J connectivity index is 4.52. The lowest BCUT2D eigenvalue weighted by molar-refractivity contribution is -0.143. The molecule has 0 radical (unpaired) electrons. The highest BCUT2D eigenvalue weighted by atomic mass is 16.5. The number of hydrogen-bond acceptors (Lipinski definition) is 4. The summed E-state index contributed by atoms with van der Waals surface area (Å²) in [6.07, 6.45) is 2.98. The first-order valence-electron chi connectivity index (χ1n) is 6.90. The number of carbonyl (C=O) groups is 1. The molecule has 18 heavy (non-hydrogen) atoms. The summed E-state index contributed by atoms with van der Waals surface area (Å²) in [7, 11) is 5.56. The molecular formula is C14H30N2O2. The van der Waals surface area contributed by atoms with Gasteiger partial charge in [-0.2, -0.15) is 0 Å². The molecule has 0 spiro atoms. The number of likely N-dealkylation sites (N-methyl/N-ethyl adjacent to an activating group) is 1. The van der Waals surface area contributed by atoms with Gasteiger partial charge < -0.3 is 15.0 Å². The fourth-order valence-corrected chi connectivity index (χ4v) is 1.93. The van der Waals surface area contributed by atoms with Gasteiger partial charge in [0.15, 0.2) is 0 Å². The zero-order chi connectivity index (χ0) is 14.1. The fourth-order valence-electron chi connectivity index (χ4n) is 1.93. The Morgan fingerprint density at radius 3 is 2.33 bits per heavy atom. The summed E-state index contributed by atoms with van der Waals surface area (Å²) in [4.78, 5) is 13.9. The molecule has 0 aromatic rings. The Morgan fingerprint density at radius 2 is 1.94 bits per heavy atom. The molecule has 0 bridgehead atoms. The molecular weight excluding hydrogens is 228 g/mol. The first kappa shape index (κ1) is 17.4. The number of nitrogens with one attached hydrogen (secondary N) is 1. The Labute approximate surface area is 112 Å². The van der Waals surface area contributed by atoms with Crippen LogP contribution >= 0.6 is 0 Å². The maximum absolute atomic E-state index is 11.8. The molecule has 0 aromatic carbocycles. The molecule has 0 aliphatic heterocycles. The zero-order valence-corrected chi connectivity index (χ0v) is 12.8. The minimum absolute atomic E-state index is 0.146. The zero-order valence-electron chi connectivity index (χ0n) is 12.8. The van der Waals surface area contributed by atoms with E-state index < -0.39 is 0 Å². The molecule has 0 saturated heterocycles. The predicted octanol–water partition coefficient (Wildman–Crippen LogP) is 1.89. The smallest absolute Gasteiger partial charge is 0.322 e. The van der Waals surface area contributed by atoms with E-state index in [-0.39, 0.29) is 12.0 Å². The van der Waals surface area contributed by atoms with Crippen LogP contribution in [0.1, 0.15) is 40.0 Å². The summed E-state index contributed by atoms with van der Waals surface area (Å²) >= 11 is 0. The fraction of sp³-hybridized carbons (Fsp3) is 0.929. The van der Waals surface area contributed by atoms with Gasteiger partial charge in [0.25, 0.3) is 0 Å². The van der Waals surface area contributed by atoms with Crippen molar-refractivity contribution in [3.8, 4) is 0 Å². The largest absolute Gasteiger partial charge is 0.468 e. The van der Waals surface area contributed by atoms with Crippen LogP contribution in [0.3, 0.4) is 0 Å². The Kier molecular flexibility index (Phi) is 9.02. The van der Waals surface area contributed by atoms with E-state index in [9.17, 15) is 4.79 Å². The maximum Gasteiger partial charge on any atom is 0.322 e. The summed E-state index contributed by atoms with van der Waals surface area (Å²) in [5.41, 5.74) is 0. The van der Waals surface area contributed by atoms with Crippen molar-refractivity contribution in [3.05, 3.63) is 0 Å². The van der Waals surface area contributed by atoms with Crippen LogP contribution in [0.25, 0.3) is 0 Å². The van der Waals surface area contributed by atoms with Crippen LogP contribution < -0.4 is 5.32 Å². The Hall–Kier alpha value is -0.610. The number of nitrogens with zero attached hydrogens (tertiary/aromatic N) is 1. The number of esters is 1. The van der Waals surface area contributed by atoms with Gasteiger partial charge in [0.1, 0.15) is 6.04 Å². The van der Waals surface area contributed by atoms with Crippen LogP contribution in [0.15, 0.2) is 0 Å². The minimum Gasteiger partial charge on any atom is -0.468 e. The van der Waals surface area contributed by atoms with E-state index in [2.05, 4.69) is 45.1 Å². The van der Waals surface area contributed by atoms with E-state index >= 15 is 0 Å². The van der Waals surface area contributed by atoms with Crippen LogP contribution in [-0.4, -0.2) is 50.7 Å². The highest BCUT2D eigenvalue weighted by Crippen LogP contribution is 2.09. The monoisotopic (exact) mass is 258 g/mol. The maximum atomic E-state index is 11.8. The van der Waals surface area contributed by atoms with Gasteiger partial charge in [-0.1, -0.05) is 33.6 Å². The summed E-state index contributed by atoms with van der Waals surface area (Å²) in [5.74, 6) is 0.342. The lowest BCUT2D eigenvalue weighted by Crippen LogP contribution is -2.50. The predicted molar refractivity (Wildman–Crippen MR) is 75.6 cm³/mol. The number of carbonyl (C=O) groups excluding carboxylic acids is 1. The molecule has 2 unspecified atom stereocenters. The second-order valence-corrected chi connectivity index (χ2v) is 5.50. The van der Waals surface area contributed by atoms with Gasteiger partial charge in [0.05, 0.1) is 7.11 Å². The lowest BCUT2D eigenvalue weighted by atomic mass is 10.0. The van der Waals surface area contributed by atoms with Crippen LogP contribution in [0.5, 0.6) is 0 Å². The molecule has 2 atom stereocenters. The average Bonchev–Trinajstić information content (AvgIpc) is 2.31. The topological polar surface area (TPSA) is 41.6 Å². The molecule has 0 rings (SSSR count). The van der Waals surface area contributed by atoms with Crippen molar-refractivity contribution in [2.24, 2.45) is 5.92 Å².